The second-order valence-electron chi connectivity index (χ2n) is 7.50. The van der Waals surface area contributed by atoms with Crippen LogP contribution in [0.4, 0.5) is 5.69 Å². The van der Waals surface area contributed by atoms with Crippen LogP contribution in [0.25, 0.3) is 0 Å². The molecule has 0 amide bonds. The van der Waals surface area contributed by atoms with E-state index < -0.39 is 11.2 Å². The quantitative estimate of drug-likeness (QED) is 0.338. The predicted octanol–water partition coefficient (Wildman–Crippen LogP) is 6.15. The number of rotatable bonds is 4. The van der Waals surface area contributed by atoms with Crippen LogP contribution < -0.4 is 9.47 Å². The molecule has 32 heavy (non-hydrogen) atoms. The lowest BCUT2D eigenvalue weighted by Gasteiger charge is -2.38. The van der Waals surface area contributed by atoms with Crippen LogP contribution in [0.1, 0.15) is 35.4 Å². The minimum absolute atomic E-state index is 0.00942. The number of nitrogens with zero attached hydrogens (tertiary/aromatic N) is 3. The lowest BCUT2D eigenvalue weighted by Crippen LogP contribution is -2.33. The third kappa shape index (κ3) is 3.53. The first-order valence-corrected chi connectivity index (χ1v) is 10.6. The van der Waals surface area contributed by atoms with E-state index in [4.69, 9.17) is 37.8 Å². The molecule has 0 saturated carbocycles. The third-order valence-corrected chi connectivity index (χ3v) is 6.12. The van der Waals surface area contributed by atoms with Gasteiger partial charge in [0.05, 0.1) is 28.8 Å². The lowest BCUT2D eigenvalue weighted by molar-refractivity contribution is -0.384. The summed E-state index contributed by atoms with van der Waals surface area (Å²) in [5.74, 6) is 1.31. The molecule has 5 rings (SSSR count). The van der Waals surface area contributed by atoms with Crippen LogP contribution in [0.3, 0.4) is 0 Å². The first kappa shape index (κ1) is 20.6. The maximum Gasteiger partial charge on any atom is 0.269 e. The summed E-state index contributed by atoms with van der Waals surface area (Å²) >= 11 is 12.8. The van der Waals surface area contributed by atoms with Gasteiger partial charge in [-0.25, -0.2) is 5.01 Å². The number of fused-ring (bicyclic) bond motifs is 3. The van der Waals surface area contributed by atoms with Crippen LogP contribution in [0.2, 0.25) is 10.0 Å². The van der Waals surface area contributed by atoms with Crippen LogP contribution in [0, 0.1) is 10.1 Å². The van der Waals surface area contributed by atoms with E-state index in [1.807, 2.05) is 35.3 Å². The molecule has 0 aromatic heterocycles. The number of nitro groups is 1. The van der Waals surface area contributed by atoms with Crippen molar-refractivity contribution in [3.63, 3.8) is 0 Å². The number of benzene rings is 3. The second kappa shape index (κ2) is 8.00. The van der Waals surface area contributed by atoms with E-state index >= 15 is 0 Å². The Hall–Kier alpha value is -3.29. The average Bonchev–Trinajstić information content (AvgIpc) is 3.25. The summed E-state index contributed by atoms with van der Waals surface area (Å²) in [6, 6.07) is 17.3. The highest BCUT2D eigenvalue weighted by molar-refractivity contribution is 6.35. The Balaban J connectivity index is 1.58. The molecule has 2 aliphatic heterocycles. The molecule has 0 N–H and O–H groups in total. The van der Waals surface area contributed by atoms with E-state index in [9.17, 15) is 10.1 Å². The Morgan fingerprint density at radius 3 is 2.50 bits per heavy atom. The summed E-state index contributed by atoms with van der Waals surface area (Å²) in [5, 5.41) is 18.7. The van der Waals surface area contributed by atoms with Gasteiger partial charge in [0, 0.05) is 34.7 Å². The van der Waals surface area contributed by atoms with Crippen LogP contribution in [-0.4, -0.2) is 22.8 Å². The maximum atomic E-state index is 11.1. The Morgan fingerprint density at radius 1 is 1.12 bits per heavy atom. The molecule has 0 spiro atoms. The summed E-state index contributed by atoms with van der Waals surface area (Å²) in [6.07, 6.45) is 0.0331. The summed E-state index contributed by atoms with van der Waals surface area (Å²) in [6.45, 7) is 0. The predicted molar refractivity (Wildman–Crippen MR) is 122 cm³/mol. The number of hydrogen-bond donors (Lipinski definition) is 0. The van der Waals surface area contributed by atoms with Crippen LogP contribution in [0.5, 0.6) is 11.5 Å². The zero-order valence-electron chi connectivity index (χ0n) is 16.9. The molecular weight excluding hydrogens is 453 g/mol. The summed E-state index contributed by atoms with van der Waals surface area (Å²) in [7, 11) is 1.62. The summed E-state index contributed by atoms with van der Waals surface area (Å²) in [4.78, 5) is 10.6. The standard InChI is InChI=1S/C23H17Cl2N3O4/c1-31-17-8-4-13(5-9-17)20-12-21-18-10-15(24)11-19(25)22(18)32-23(27(21)26-20)14-2-6-16(7-3-14)28(29)30/h2-11,21,23H,12H2,1H3/t21-,23+/m1/s1. The zero-order valence-corrected chi connectivity index (χ0v) is 18.4. The van der Waals surface area contributed by atoms with Crippen LogP contribution in [-0.2, 0) is 0 Å². The largest absolute Gasteiger partial charge is 0.497 e. The van der Waals surface area contributed by atoms with Gasteiger partial charge in [-0.3, -0.25) is 10.1 Å². The van der Waals surface area contributed by atoms with E-state index in [0.29, 0.717) is 22.2 Å². The molecule has 0 radical (unpaired) electrons. The number of ether oxygens (including phenoxy) is 2. The van der Waals surface area contributed by atoms with Crippen molar-refractivity contribution in [2.24, 2.45) is 5.10 Å². The molecule has 3 aromatic carbocycles. The number of methoxy groups -OCH3 is 1. The number of non-ortho nitro benzene ring substituents is 1. The van der Waals surface area contributed by atoms with Crippen molar-refractivity contribution in [1.82, 2.24) is 5.01 Å². The molecule has 2 heterocycles. The Labute approximate surface area is 193 Å². The fourth-order valence-electron chi connectivity index (χ4n) is 4.05. The Kier molecular flexibility index (Phi) is 5.15. The molecule has 2 atom stereocenters. The SMILES string of the molecule is COc1ccc(C2=NN3[C@H](C2)c2cc(Cl)cc(Cl)c2O[C@H]3c2ccc([N+](=O)[O-])cc2)cc1. The minimum Gasteiger partial charge on any atom is -0.497 e. The Morgan fingerprint density at radius 2 is 1.84 bits per heavy atom. The van der Waals surface area contributed by atoms with Crippen molar-refractivity contribution in [3.05, 3.63) is 97.5 Å². The van der Waals surface area contributed by atoms with Gasteiger partial charge in [-0.1, -0.05) is 23.2 Å². The van der Waals surface area contributed by atoms with Crippen molar-refractivity contribution in [1.29, 1.82) is 0 Å². The van der Waals surface area contributed by atoms with Gasteiger partial charge in [-0.2, -0.15) is 5.10 Å². The van der Waals surface area contributed by atoms with Gasteiger partial charge < -0.3 is 9.47 Å². The number of nitro benzene ring substituents is 1. The van der Waals surface area contributed by atoms with Gasteiger partial charge in [0.15, 0.2) is 0 Å². The van der Waals surface area contributed by atoms with Crippen molar-refractivity contribution in [2.75, 3.05) is 7.11 Å². The molecule has 3 aromatic rings. The van der Waals surface area contributed by atoms with Gasteiger partial charge in [0.1, 0.15) is 11.5 Å². The first-order valence-electron chi connectivity index (χ1n) is 9.85. The van der Waals surface area contributed by atoms with Gasteiger partial charge >= 0.3 is 0 Å². The molecule has 7 nitrogen and oxygen atoms in total. The van der Waals surface area contributed by atoms with Crippen molar-refractivity contribution in [2.45, 2.75) is 18.7 Å². The molecule has 2 aliphatic rings. The van der Waals surface area contributed by atoms with E-state index in [0.717, 1.165) is 28.2 Å². The number of hydrazone groups is 1. The van der Waals surface area contributed by atoms with E-state index in [1.54, 1.807) is 25.3 Å². The monoisotopic (exact) mass is 469 g/mol. The van der Waals surface area contributed by atoms with E-state index in [2.05, 4.69) is 0 Å². The molecule has 0 bridgehead atoms. The lowest BCUT2D eigenvalue weighted by atomic mass is 9.95. The third-order valence-electron chi connectivity index (χ3n) is 5.62. The molecule has 162 valence electrons. The summed E-state index contributed by atoms with van der Waals surface area (Å²) < 4.78 is 11.5. The van der Waals surface area contributed by atoms with Gasteiger partial charge in [-0.15, -0.1) is 0 Å². The van der Waals surface area contributed by atoms with Crippen LogP contribution >= 0.6 is 23.2 Å². The van der Waals surface area contributed by atoms with Gasteiger partial charge in [0.2, 0.25) is 6.23 Å². The number of halogens is 2. The number of hydrogen-bond acceptors (Lipinski definition) is 6. The fourth-order valence-corrected chi connectivity index (χ4v) is 4.61. The zero-order chi connectivity index (χ0) is 22.4. The maximum absolute atomic E-state index is 11.1. The average molecular weight is 470 g/mol. The normalized spacial score (nSPS) is 19.0. The molecular formula is C23H17Cl2N3O4. The molecule has 0 saturated heterocycles. The van der Waals surface area contributed by atoms with Gasteiger partial charge in [0.25, 0.3) is 5.69 Å². The molecule has 0 unspecified atom stereocenters. The smallest absolute Gasteiger partial charge is 0.269 e. The fraction of sp³-hybridized carbons (Fsp3) is 0.174. The van der Waals surface area contributed by atoms with E-state index in [-0.39, 0.29) is 11.7 Å². The second-order valence-corrected chi connectivity index (χ2v) is 8.34. The molecule has 0 fully saturated rings. The first-order chi connectivity index (χ1) is 15.4. The van der Waals surface area contributed by atoms with Crippen molar-refractivity contribution >= 4 is 34.6 Å². The molecule has 9 heteroatoms. The Bertz CT molecular complexity index is 1230. The molecule has 0 aliphatic carbocycles. The van der Waals surface area contributed by atoms with Gasteiger partial charge in [-0.05, 0) is 54.1 Å². The highest BCUT2D eigenvalue weighted by atomic mass is 35.5. The highest BCUT2D eigenvalue weighted by Crippen LogP contribution is 2.50. The van der Waals surface area contributed by atoms with Crippen molar-refractivity contribution in [3.8, 4) is 11.5 Å². The van der Waals surface area contributed by atoms with Crippen LogP contribution in [0.15, 0.2) is 65.8 Å². The summed E-state index contributed by atoms with van der Waals surface area (Å²) in [5.41, 5.74) is 3.45. The topological polar surface area (TPSA) is 77.2 Å². The highest BCUT2D eigenvalue weighted by Gasteiger charge is 2.42. The van der Waals surface area contributed by atoms with Crippen molar-refractivity contribution < 1.29 is 14.4 Å². The van der Waals surface area contributed by atoms with E-state index in [1.165, 1.54) is 12.1 Å². The minimum atomic E-state index is -0.595.